The number of benzene rings is 2. The largest absolute Gasteiger partial charge is 0.384 e. The van der Waals surface area contributed by atoms with Gasteiger partial charge in [-0.3, -0.25) is 0 Å². The summed E-state index contributed by atoms with van der Waals surface area (Å²) in [5, 5.41) is 10.2. The SMILES string of the molecule is Cc1ccc(C(O)c2cc(C)c(F)cc2F)cc1C. The zero-order valence-electron chi connectivity index (χ0n) is 11.2. The van der Waals surface area contributed by atoms with E-state index in [1.165, 1.54) is 6.07 Å². The van der Waals surface area contributed by atoms with Crippen molar-refractivity contribution in [2.45, 2.75) is 26.9 Å². The highest BCUT2D eigenvalue weighted by atomic mass is 19.1. The Morgan fingerprint density at radius 3 is 2.16 bits per heavy atom. The van der Waals surface area contributed by atoms with E-state index in [9.17, 15) is 13.9 Å². The molecule has 0 aliphatic carbocycles. The van der Waals surface area contributed by atoms with E-state index in [2.05, 4.69) is 0 Å². The molecule has 1 unspecified atom stereocenters. The summed E-state index contributed by atoms with van der Waals surface area (Å²) in [5.74, 6) is -1.33. The Labute approximate surface area is 111 Å². The molecule has 3 heteroatoms. The summed E-state index contributed by atoms with van der Waals surface area (Å²) >= 11 is 0. The summed E-state index contributed by atoms with van der Waals surface area (Å²) in [4.78, 5) is 0. The van der Waals surface area contributed by atoms with E-state index in [4.69, 9.17) is 0 Å². The standard InChI is InChI=1S/C16H16F2O/c1-9-4-5-12(6-10(9)2)16(19)13-7-11(3)14(17)8-15(13)18/h4-8,16,19H,1-3H3. The molecule has 0 fully saturated rings. The van der Waals surface area contributed by atoms with Crippen molar-refractivity contribution >= 4 is 0 Å². The van der Waals surface area contributed by atoms with Crippen LogP contribution in [0.25, 0.3) is 0 Å². The Bertz CT molecular complexity index is 620. The molecule has 0 radical (unpaired) electrons. The molecule has 0 saturated heterocycles. The molecule has 0 saturated carbocycles. The topological polar surface area (TPSA) is 20.2 Å². The number of aryl methyl sites for hydroxylation is 3. The summed E-state index contributed by atoms with van der Waals surface area (Å²) < 4.78 is 27.0. The van der Waals surface area contributed by atoms with Gasteiger partial charge in [-0.15, -0.1) is 0 Å². The quantitative estimate of drug-likeness (QED) is 0.868. The first kappa shape index (κ1) is 13.7. The lowest BCUT2D eigenvalue weighted by atomic mass is 9.96. The van der Waals surface area contributed by atoms with Gasteiger partial charge in [0.05, 0.1) is 0 Å². The van der Waals surface area contributed by atoms with Gasteiger partial charge in [0, 0.05) is 11.6 Å². The molecule has 0 amide bonds. The van der Waals surface area contributed by atoms with Gasteiger partial charge >= 0.3 is 0 Å². The molecular weight excluding hydrogens is 246 g/mol. The van der Waals surface area contributed by atoms with Crippen molar-refractivity contribution < 1.29 is 13.9 Å². The second-order valence-electron chi connectivity index (χ2n) is 4.87. The van der Waals surface area contributed by atoms with E-state index < -0.39 is 17.7 Å². The Balaban J connectivity index is 2.46. The molecule has 0 aliphatic rings. The number of halogens is 2. The average Bonchev–Trinajstić information content (AvgIpc) is 2.36. The first-order valence-corrected chi connectivity index (χ1v) is 6.11. The fraction of sp³-hybridized carbons (Fsp3) is 0.250. The lowest BCUT2D eigenvalue weighted by molar-refractivity contribution is 0.214. The Kier molecular flexibility index (Phi) is 3.67. The zero-order valence-corrected chi connectivity index (χ0v) is 11.2. The van der Waals surface area contributed by atoms with Crippen molar-refractivity contribution in [3.05, 3.63) is 69.8 Å². The van der Waals surface area contributed by atoms with Crippen molar-refractivity contribution in [3.8, 4) is 0 Å². The first-order valence-electron chi connectivity index (χ1n) is 6.11. The minimum atomic E-state index is -1.08. The molecule has 19 heavy (non-hydrogen) atoms. The van der Waals surface area contributed by atoms with Crippen LogP contribution in [0.4, 0.5) is 8.78 Å². The highest BCUT2D eigenvalue weighted by molar-refractivity contribution is 5.37. The maximum atomic E-state index is 13.7. The molecule has 2 aromatic carbocycles. The summed E-state index contributed by atoms with van der Waals surface area (Å²) in [6, 6.07) is 7.62. The van der Waals surface area contributed by atoms with E-state index in [-0.39, 0.29) is 5.56 Å². The predicted molar refractivity (Wildman–Crippen MR) is 71.1 cm³/mol. The smallest absolute Gasteiger partial charge is 0.132 e. The molecule has 0 heterocycles. The fourth-order valence-corrected chi connectivity index (χ4v) is 2.00. The molecule has 0 aromatic heterocycles. The van der Waals surface area contributed by atoms with Crippen LogP contribution < -0.4 is 0 Å². The van der Waals surface area contributed by atoms with Crippen molar-refractivity contribution in [3.63, 3.8) is 0 Å². The van der Waals surface area contributed by atoms with Crippen LogP contribution >= 0.6 is 0 Å². The maximum absolute atomic E-state index is 13.7. The lowest BCUT2D eigenvalue weighted by Crippen LogP contribution is -2.05. The second-order valence-corrected chi connectivity index (χ2v) is 4.87. The summed E-state index contributed by atoms with van der Waals surface area (Å²) in [6.07, 6.45) is -1.08. The second kappa shape index (κ2) is 5.10. The maximum Gasteiger partial charge on any atom is 0.132 e. The van der Waals surface area contributed by atoms with Gasteiger partial charge in [0.15, 0.2) is 0 Å². The van der Waals surface area contributed by atoms with Crippen LogP contribution in [0.5, 0.6) is 0 Å². The predicted octanol–water partition coefficient (Wildman–Crippen LogP) is 3.97. The van der Waals surface area contributed by atoms with Crippen molar-refractivity contribution in [1.82, 2.24) is 0 Å². The fourth-order valence-electron chi connectivity index (χ4n) is 2.00. The summed E-state index contributed by atoms with van der Waals surface area (Å²) in [5.41, 5.74) is 3.15. The van der Waals surface area contributed by atoms with Gasteiger partial charge < -0.3 is 5.11 Å². The van der Waals surface area contributed by atoms with Crippen molar-refractivity contribution in [1.29, 1.82) is 0 Å². The van der Waals surface area contributed by atoms with E-state index in [0.29, 0.717) is 11.1 Å². The van der Waals surface area contributed by atoms with Crippen molar-refractivity contribution in [2.75, 3.05) is 0 Å². The molecular formula is C16H16F2O. The van der Waals surface area contributed by atoms with Gasteiger partial charge in [-0.2, -0.15) is 0 Å². The third kappa shape index (κ3) is 2.66. The van der Waals surface area contributed by atoms with Gasteiger partial charge in [0.25, 0.3) is 0 Å². The van der Waals surface area contributed by atoms with E-state index in [1.54, 1.807) is 13.0 Å². The molecule has 0 bridgehead atoms. The third-order valence-electron chi connectivity index (χ3n) is 3.42. The van der Waals surface area contributed by atoms with Crippen LogP contribution in [0, 0.1) is 32.4 Å². The number of hydrogen-bond donors (Lipinski definition) is 1. The van der Waals surface area contributed by atoms with E-state index in [1.807, 2.05) is 26.0 Å². The molecule has 1 N–H and O–H groups in total. The highest BCUT2D eigenvalue weighted by Crippen LogP contribution is 2.27. The van der Waals surface area contributed by atoms with E-state index in [0.717, 1.165) is 17.2 Å². The number of rotatable bonds is 2. The number of aliphatic hydroxyl groups excluding tert-OH is 1. The van der Waals surface area contributed by atoms with Crippen LogP contribution in [0.2, 0.25) is 0 Å². The Hall–Kier alpha value is -1.74. The molecule has 100 valence electrons. The normalized spacial score (nSPS) is 12.5. The first-order chi connectivity index (χ1) is 8.90. The molecule has 1 atom stereocenters. The summed E-state index contributed by atoms with van der Waals surface area (Å²) in [7, 11) is 0. The van der Waals surface area contributed by atoms with Crippen LogP contribution in [0.3, 0.4) is 0 Å². The third-order valence-corrected chi connectivity index (χ3v) is 3.42. The Morgan fingerprint density at radius 2 is 1.53 bits per heavy atom. The van der Waals surface area contributed by atoms with Crippen LogP contribution in [-0.2, 0) is 0 Å². The van der Waals surface area contributed by atoms with Crippen LogP contribution in [0.1, 0.15) is 33.9 Å². The monoisotopic (exact) mass is 262 g/mol. The van der Waals surface area contributed by atoms with Crippen LogP contribution in [0.15, 0.2) is 30.3 Å². The Morgan fingerprint density at radius 1 is 0.842 bits per heavy atom. The number of hydrogen-bond acceptors (Lipinski definition) is 1. The number of aliphatic hydroxyl groups is 1. The van der Waals surface area contributed by atoms with Gasteiger partial charge in [0.1, 0.15) is 17.7 Å². The van der Waals surface area contributed by atoms with E-state index >= 15 is 0 Å². The lowest BCUT2D eigenvalue weighted by Gasteiger charge is -2.15. The zero-order chi connectivity index (χ0) is 14.2. The molecule has 2 aromatic rings. The minimum absolute atomic E-state index is 0.0992. The van der Waals surface area contributed by atoms with Gasteiger partial charge in [-0.05, 0) is 49.1 Å². The average molecular weight is 262 g/mol. The summed E-state index contributed by atoms with van der Waals surface area (Å²) in [6.45, 7) is 5.44. The van der Waals surface area contributed by atoms with Gasteiger partial charge in [0.2, 0.25) is 0 Å². The molecule has 1 nitrogen and oxygen atoms in total. The molecule has 0 aliphatic heterocycles. The highest BCUT2D eigenvalue weighted by Gasteiger charge is 2.17. The van der Waals surface area contributed by atoms with Gasteiger partial charge in [-0.1, -0.05) is 18.2 Å². The van der Waals surface area contributed by atoms with Gasteiger partial charge in [-0.25, -0.2) is 8.78 Å². The van der Waals surface area contributed by atoms with Crippen molar-refractivity contribution in [2.24, 2.45) is 0 Å². The molecule has 0 spiro atoms. The van der Waals surface area contributed by atoms with Crippen LogP contribution in [-0.4, -0.2) is 5.11 Å². The molecule has 2 rings (SSSR count). The minimum Gasteiger partial charge on any atom is -0.384 e.